The van der Waals surface area contributed by atoms with Gasteiger partial charge in [0.2, 0.25) is 5.91 Å². The molecule has 0 aromatic carbocycles. The Morgan fingerprint density at radius 1 is 1.63 bits per heavy atom. The van der Waals surface area contributed by atoms with Crippen molar-refractivity contribution in [2.24, 2.45) is 5.92 Å². The van der Waals surface area contributed by atoms with Crippen LogP contribution in [-0.2, 0) is 24.3 Å². The molecule has 6 heteroatoms. The standard InChI is InChI=1S/C13H14BrN3OS/c14-11-3-4-19-12(11)6-16-13(18)9-1-2-10-5-15-8-17(10)7-9/h3-5,8-9H,1-2,6-7H2,(H,16,18). The number of fused-ring (bicyclic) bond motifs is 1. The minimum absolute atomic E-state index is 0.0560. The lowest BCUT2D eigenvalue weighted by molar-refractivity contribution is -0.126. The van der Waals surface area contributed by atoms with Crippen molar-refractivity contribution in [3.63, 3.8) is 0 Å². The molecule has 2 aromatic heterocycles. The predicted octanol–water partition coefficient (Wildman–Crippen LogP) is 2.59. The van der Waals surface area contributed by atoms with Gasteiger partial charge in [0, 0.05) is 27.8 Å². The Hall–Kier alpha value is -1.14. The summed E-state index contributed by atoms with van der Waals surface area (Å²) in [5.41, 5.74) is 1.23. The van der Waals surface area contributed by atoms with E-state index in [1.165, 1.54) is 5.69 Å². The number of hydrogen-bond donors (Lipinski definition) is 1. The van der Waals surface area contributed by atoms with Gasteiger partial charge in [0.1, 0.15) is 0 Å². The monoisotopic (exact) mass is 339 g/mol. The predicted molar refractivity (Wildman–Crippen MR) is 77.9 cm³/mol. The van der Waals surface area contributed by atoms with Crippen LogP contribution in [0.4, 0.5) is 0 Å². The second-order valence-corrected chi connectivity index (χ2v) is 6.54. The third-order valence-electron chi connectivity index (χ3n) is 3.45. The molecule has 0 spiro atoms. The molecule has 0 radical (unpaired) electrons. The quantitative estimate of drug-likeness (QED) is 0.934. The Morgan fingerprint density at radius 2 is 2.53 bits per heavy atom. The molecule has 1 N–H and O–H groups in total. The molecule has 3 rings (SSSR count). The van der Waals surface area contributed by atoms with Gasteiger partial charge in [-0.1, -0.05) is 0 Å². The van der Waals surface area contributed by atoms with Gasteiger partial charge in [-0.3, -0.25) is 4.79 Å². The summed E-state index contributed by atoms with van der Waals surface area (Å²) in [4.78, 5) is 17.5. The fraction of sp³-hybridized carbons (Fsp3) is 0.385. The van der Waals surface area contributed by atoms with Crippen molar-refractivity contribution >= 4 is 33.2 Å². The minimum atomic E-state index is 0.0560. The number of imidazole rings is 1. The van der Waals surface area contributed by atoms with E-state index < -0.39 is 0 Å². The molecule has 3 heterocycles. The number of carbonyl (C=O) groups is 1. The average Bonchev–Trinajstić information content (AvgIpc) is 3.03. The van der Waals surface area contributed by atoms with Gasteiger partial charge in [-0.25, -0.2) is 4.98 Å². The van der Waals surface area contributed by atoms with Crippen molar-refractivity contribution in [1.82, 2.24) is 14.9 Å². The maximum atomic E-state index is 12.2. The maximum Gasteiger partial charge on any atom is 0.225 e. The number of aromatic nitrogens is 2. The zero-order valence-electron chi connectivity index (χ0n) is 10.3. The smallest absolute Gasteiger partial charge is 0.225 e. The molecule has 0 saturated heterocycles. The number of aryl methyl sites for hydroxylation is 1. The van der Waals surface area contributed by atoms with Crippen molar-refractivity contribution in [1.29, 1.82) is 0 Å². The van der Waals surface area contributed by atoms with Crippen molar-refractivity contribution in [2.75, 3.05) is 0 Å². The number of hydrogen-bond acceptors (Lipinski definition) is 3. The first-order chi connectivity index (χ1) is 9.24. The van der Waals surface area contributed by atoms with Crippen LogP contribution in [0.2, 0.25) is 0 Å². The molecule has 1 aliphatic rings. The molecular weight excluding hydrogens is 326 g/mol. The van der Waals surface area contributed by atoms with Crippen molar-refractivity contribution in [2.45, 2.75) is 25.9 Å². The summed E-state index contributed by atoms with van der Waals surface area (Å²) in [7, 11) is 0. The van der Waals surface area contributed by atoms with Crippen LogP contribution in [0.15, 0.2) is 28.4 Å². The third kappa shape index (κ3) is 2.74. The Balaban J connectivity index is 1.58. The van der Waals surface area contributed by atoms with Crippen LogP contribution >= 0.6 is 27.3 Å². The van der Waals surface area contributed by atoms with E-state index in [1.54, 1.807) is 11.3 Å². The molecule has 19 heavy (non-hydrogen) atoms. The molecule has 2 aromatic rings. The highest BCUT2D eigenvalue weighted by atomic mass is 79.9. The van der Waals surface area contributed by atoms with Gasteiger partial charge in [0.25, 0.3) is 0 Å². The molecule has 4 nitrogen and oxygen atoms in total. The van der Waals surface area contributed by atoms with Gasteiger partial charge in [0.05, 0.1) is 18.8 Å². The summed E-state index contributed by atoms with van der Waals surface area (Å²) < 4.78 is 3.15. The first kappa shape index (κ1) is 12.9. The molecular formula is C13H14BrN3OS. The van der Waals surface area contributed by atoms with Crippen LogP contribution in [0.25, 0.3) is 0 Å². The number of thiophene rings is 1. The lowest BCUT2D eigenvalue weighted by Gasteiger charge is -2.23. The SMILES string of the molecule is O=C(NCc1sccc1Br)C1CCc2cncn2C1. The van der Waals surface area contributed by atoms with E-state index in [0.29, 0.717) is 6.54 Å². The molecule has 0 saturated carbocycles. The van der Waals surface area contributed by atoms with Crippen LogP contribution in [0.3, 0.4) is 0 Å². The number of carbonyl (C=O) groups excluding carboxylic acids is 1. The Kier molecular flexibility index (Phi) is 3.70. The molecule has 0 bridgehead atoms. The summed E-state index contributed by atoms with van der Waals surface area (Å²) in [5.74, 6) is 0.195. The van der Waals surface area contributed by atoms with E-state index >= 15 is 0 Å². The summed E-state index contributed by atoms with van der Waals surface area (Å²) >= 11 is 5.13. The summed E-state index contributed by atoms with van der Waals surface area (Å²) in [6, 6.07) is 2.00. The highest BCUT2D eigenvalue weighted by Gasteiger charge is 2.24. The minimum Gasteiger partial charge on any atom is -0.351 e. The Labute approximate surface area is 124 Å². The van der Waals surface area contributed by atoms with E-state index in [4.69, 9.17) is 0 Å². The molecule has 100 valence electrons. The lowest BCUT2D eigenvalue weighted by atomic mass is 9.97. The fourth-order valence-electron chi connectivity index (χ4n) is 2.35. The maximum absolute atomic E-state index is 12.2. The van der Waals surface area contributed by atoms with Crippen LogP contribution in [0, 0.1) is 5.92 Å². The summed E-state index contributed by atoms with van der Waals surface area (Å²) in [5, 5.41) is 5.04. The van der Waals surface area contributed by atoms with Gasteiger partial charge in [0.15, 0.2) is 0 Å². The van der Waals surface area contributed by atoms with Crippen LogP contribution in [-0.4, -0.2) is 15.5 Å². The van der Waals surface area contributed by atoms with Crippen molar-refractivity contribution in [3.05, 3.63) is 39.0 Å². The van der Waals surface area contributed by atoms with Crippen molar-refractivity contribution < 1.29 is 4.79 Å². The first-order valence-electron chi connectivity index (χ1n) is 6.22. The zero-order valence-corrected chi connectivity index (χ0v) is 12.7. The highest BCUT2D eigenvalue weighted by molar-refractivity contribution is 9.10. The molecule has 1 atom stereocenters. The van der Waals surface area contributed by atoms with Crippen LogP contribution in [0.1, 0.15) is 17.0 Å². The summed E-state index contributed by atoms with van der Waals surface area (Å²) in [6.07, 6.45) is 5.53. The second kappa shape index (κ2) is 5.46. The second-order valence-electron chi connectivity index (χ2n) is 4.68. The highest BCUT2D eigenvalue weighted by Crippen LogP contribution is 2.23. The molecule has 1 amide bonds. The van der Waals surface area contributed by atoms with Crippen LogP contribution in [0.5, 0.6) is 0 Å². The number of amides is 1. The zero-order chi connectivity index (χ0) is 13.2. The van der Waals surface area contributed by atoms with Crippen LogP contribution < -0.4 is 5.32 Å². The first-order valence-corrected chi connectivity index (χ1v) is 7.90. The van der Waals surface area contributed by atoms with Gasteiger partial charge < -0.3 is 9.88 Å². The number of nitrogens with one attached hydrogen (secondary N) is 1. The average molecular weight is 340 g/mol. The molecule has 0 aliphatic carbocycles. The van der Waals surface area contributed by atoms with Gasteiger partial charge in [-0.2, -0.15) is 0 Å². The Bertz CT molecular complexity index is 592. The largest absolute Gasteiger partial charge is 0.351 e. The molecule has 1 unspecified atom stereocenters. The fourth-order valence-corrected chi connectivity index (χ4v) is 3.78. The van der Waals surface area contributed by atoms with E-state index in [1.807, 2.05) is 24.0 Å². The van der Waals surface area contributed by atoms with E-state index in [9.17, 15) is 4.79 Å². The number of rotatable bonds is 3. The number of nitrogens with zero attached hydrogens (tertiary/aromatic N) is 2. The van der Waals surface area contributed by atoms with Gasteiger partial charge in [-0.15, -0.1) is 11.3 Å². The topological polar surface area (TPSA) is 46.9 Å². The van der Waals surface area contributed by atoms with Gasteiger partial charge >= 0.3 is 0 Å². The van der Waals surface area contributed by atoms with E-state index in [0.717, 1.165) is 28.7 Å². The number of halogens is 1. The van der Waals surface area contributed by atoms with E-state index in [-0.39, 0.29) is 11.8 Å². The lowest BCUT2D eigenvalue weighted by Crippen LogP contribution is -2.35. The molecule has 0 fully saturated rings. The molecule has 1 aliphatic heterocycles. The summed E-state index contributed by atoms with van der Waals surface area (Å²) in [6.45, 7) is 1.34. The van der Waals surface area contributed by atoms with Gasteiger partial charge in [-0.05, 0) is 40.2 Å². The van der Waals surface area contributed by atoms with Crippen molar-refractivity contribution in [3.8, 4) is 0 Å². The Morgan fingerprint density at radius 3 is 3.32 bits per heavy atom. The van der Waals surface area contributed by atoms with E-state index in [2.05, 4.69) is 30.8 Å². The third-order valence-corrected chi connectivity index (χ3v) is 5.38. The normalized spacial score (nSPS) is 18.1.